The van der Waals surface area contributed by atoms with Gasteiger partial charge < -0.3 is 21.1 Å². The zero-order valence-electron chi connectivity index (χ0n) is 14.6. The van der Waals surface area contributed by atoms with Crippen molar-refractivity contribution in [2.75, 3.05) is 11.9 Å². The molecule has 0 spiro atoms. The van der Waals surface area contributed by atoms with Gasteiger partial charge in [0.15, 0.2) is 6.61 Å². The number of anilines is 1. The van der Waals surface area contributed by atoms with E-state index in [1.54, 1.807) is 42.5 Å². The largest absolute Gasteiger partial charge is 0.484 e. The van der Waals surface area contributed by atoms with Gasteiger partial charge in [-0.1, -0.05) is 18.2 Å². The Morgan fingerprint density at radius 3 is 2.50 bits per heavy atom. The first-order valence-corrected chi connectivity index (χ1v) is 8.09. The lowest BCUT2D eigenvalue weighted by molar-refractivity contribution is -0.118. The van der Waals surface area contributed by atoms with Crippen LogP contribution in [0.4, 0.5) is 5.69 Å². The molecule has 4 N–H and O–H groups in total. The van der Waals surface area contributed by atoms with Crippen molar-refractivity contribution in [2.45, 2.75) is 19.9 Å². The molecule has 0 radical (unpaired) electrons. The summed E-state index contributed by atoms with van der Waals surface area (Å²) in [6, 6.07) is 12.9. The van der Waals surface area contributed by atoms with Gasteiger partial charge in [-0.05, 0) is 44.2 Å². The number of carbonyl (C=O) groups is 3. The Kier molecular flexibility index (Phi) is 6.32. The number of ether oxygens (including phenoxy) is 1. The summed E-state index contributed by atoms with van der Waals surface area (Å²) in [6.45, 7) is 3.43. The summed E-state index contributed by atoms with van der Waals surface area (Å²) in [5.74, 6) is -0.933. The van der Waals surface area contributed by atoms with Crippen molar-refractivity contribution in [3.05, 3.63) is 59.7 Å². The molecule has 0 bridgehead atoms. The molecule has 7 heteroatoms. The summed E-state index contributed by atoms with van der Waals surface area (Å²) in [5.41, 5.74) is 6.26. The molecule has 0 saturated carbocycles. The highest BCUT2D eigenvalue weighted by Gasteiger charge is 2.14. The monoisotopic (exact) mass is 355 g/mol. The van der Waals surface area contributed by atoms with Crippen LogP contribution in [0.1, 0.15) is 34.6 Å². The number of rotatable bonds is 7. The zero-order chi connectivity index (χ0) is 19.1. The molecular formula is C19H21N3O4. The molecule has 0 aliphatic carbocycles. The number of primary amides is 1. The van der Waals surface area contributed by atoms with Gasteiger partial charge in [-0.15, -0.1) is 0 Å². The minimum atomic E-state index is -0.579. The lowest BCUT2D eigenvalue weighted by Gasteiger charge is -2.13. The quantitative estimate of drug-likeness (QED) is 0.705. The molecule has 7 nitrogen and oxygen atoms in total. The second kappa shape index (κ2) is 8.66. The van der Waals surface area contributed by atoms with E-state index in [0.717, 1.165) is 0 Å². The summed E-state index contributed by atoms with van der Waals surface area (Å²) in [4.78, 5) is 35.5. The van der Waals surface area contributed by atoms with Gasteiger partial charge in [0.2, 0.25) is 5.91 Å². The van der Waals surface area contributed by atoms with Gasteiger partial charge in [0.25, 0.3) is 11.8 Å². The van der Waals surface area contributed by atoms with Gasteiger partial charge in [0.1, 0.15) is 5.75 Å². The van der Waals surface area contributed by atoms with Crippen LogP contribution < -0.4 is 21.1 Å². The maximum atomic E-state index is 12.2. The predicted molar refractivity (Wildman–Crippen MR) is 98.1 cm³/mol. The van der Waals surface area contributed by atoms with Crippen LogP contribution in [0.25, 0.3) is 0 Å². The Hall–Kier alpha value is -3.35. The average Bonchev–Trinajstić information content (AvgIpc) is 2.60. The smallest absolute Gasteiger partial charge is 0.262 e. The molecule has 0 aliphatic heterocycles. The number of hydrogen-bond donors (Lipinski definition) is 3. The van der Waals surface area contributed by atoms with Crippen molar-refractivity contribution >= 4 is 23.4 Å². The third kappa shape index (κ3) is 5.34. The molecule has 0 fully saturated rings. The SMILES string of the molecule is CC(C)NC(=O)c1ccccc1NC(=O)COc1cccc(C(N)=O)c1. The number of amides is 3. The zero-order valence-corrected chi connectivity index (χ0v) is 14.6. The van der Waals surface area contributed by atoms with Crippen molar-refractivity contribution < 1.29 is 19.1 Å². The van der Waals surface area contributed by atoms with Crippen molar-refractivity contribution in [3.63, 3.8) is 0 Å². The summed E-state index contributed by atoms with van der Waals surface area (Å²) in [6.07, 6.45) is 0. The number of para-hydroxylation sites is 1. The highest BCUT2D eigenvalue weighted by Crippen LogP contribution is 2.16. The molecule has 136 valence electrons. The Morgan fingerprint density at radius 2 is 1.81 bits per heavy atom. The Labute approximate surface area is 151 Å². The van der Waals surface area contributed by atoms with Crippen LogP contribution in [-0.4, -0.2) is 30.4 Å². The molecule has 2 rings (SSSR count). The average molecular weight is 355 g/mol. The predicted octanol–water partition coefficient (Wildman–Crippen LogP) is 1.94. The van der Waals surface area contributed by atoms with Crippen LogP contribution in [0.5, 0.6) is 5.75 Å². The first kappa shape index (κ1) is 19.0. The number of benzene rings is 2. The van der Waals surface area contributed by atoms with Crippen molar-refractivity contribution in [1.29, 1.82) is 0 Å². The van der Waals surface area contributed by atoms with Crippen LogP contribution >= 0.6 is 0 Å². The molecule has 0 aliphatic rings. The van der Waals surface area contributed by atoms with E-state index in [1.807, 2.05) is 13.8 Å². The second-order valence-corrected chi connectivity index (χ2v) is 5.90. The van der Waals surface area contributed by atoms with Crippen molar-refractivity contribution in [3.8, 4) is 5.75 Å². The lowest BCUT2D eigenvalue weighted by Crippen LogP contribution is -2.31. The van der Waals surface area contributed by atoms with Crippen molar-refractivity contribution in [2.24, 2.45) is 5.73 Å². The van der Waals surface area contributed by atoms with Gasteiger partial charge >= 0.3 is 0 Å². The standard InChI is InChI=1S/C19H21N3O4/c1-12(2)21-19(25)15-8-3-4-9-16(15)22-17(23)11-26-14-7-5-6-13(10-14)18(20)24/h3-10,12H,11H2,1-2H3,(H2,20,24)(H,21,25)(H,22,23). The van der Waals surface area contributed by atoms with E-state index >= 15 is 0 Å². The third-order valence-corrected chi connectivity index (χ3v) is 3.35. The van der Waals surface area contributed by atoms with Crippen LogP contribution in [0.15, 0.2) is 48.5 Å². The molecule has 26 heavy (non-hydrogen) atoms. The lowest BCUT2D eigenvalue weighted by atomic mass is 10.1. The van der Waals surface area contributed by atoms with E-state index in [0.29, 0.717) is 22.6 Å². The van der Waals surface area contributed by atoms with E-state index < -0.39 is 11.8 Å². The van der Waals surface area contributed by atoms with Crippen molar-refractivity contribution in [1.82, 2.24) is 5.32 Å². The minimum Gasteiger partial charge on any atom is -0.484 e. The summed E-state index contributed by atoms with van der Waals surface area (Å²) in [5, 5.41) is 5.44. The highest BCUT2D eigenvalue weighted by atomic mass is 16.5. The third-order valence-electron chi connectivity index (χ3n) is 3.35. The molecule has 2 aromatic carbocycles. The number of hydrogen-bond acceptors (Lipinski definition) is 4. The van der Waals surface area contributed by atoms with E-state index in [2.05, 4.69) is 10.6 Å². The first-order chi connectivity index (χ1) is 12.4. The molecule has 3 amide bonds. The second-order valence-electron chi connectivity index (χ2n) is 5.90. The molecule has 0 atom stereocenters. The van der Waals surface area contributed by atoms with Gasteiger partial charge in [0, 0.05) is 11.6 Å². The van der Waals surface area contributed by atoms with E-state index in [9.17, 15) is 14.4 Å². The van der Waals surface area contributed by atoms with Gasteiger partial charge in [-0.2, -0.15) is 0 Å². The van der Waals surface area contributed by atoms with E-state index in [-0.39, 0.29) is 18.6 Å². The minimum absolute atomic E-state index is 0.0212. The summed E-state index contributed by atoms with van der Waals surface area (Å²) in [7, 11) is 0. The Balaban J connectivity index is 2.01. The van der Waals surface area contributed by atoms with Crippen LogP contribution in [0, 0.1) is 0 Å². The fourth-order valence-corrected chi connectivity index (χ4v) is 2.20. The Bertz CT molecular complexity index is 818. The summed E-state index contributed by atoms with van der Waals surface area (Å²) < 4.78 is 5.38. The molecule has 0 heterocycles. The molecule has 0 aromatic heterocycles. The number of nitrogens with two attached hydrogens (primary N) is 1. The first-order valence-electron chi connectivity index (χ1n) is 8.09. The highest BCUT2D eigenvalue weighted by molar-refractivity contribution is 6.04. The maximum absolute atomic E-state index is 12.2. The molecule has 2 aromatic rings. The fraction of sp³-hybridized carbons (Fsp3) is 0.211. The van der Waals surface area contributed by atoms with Crippen LogP contribution in [0.3, 0.4) is 0 Å². The van der Waals surface area contributed by atoms with Gasteiger partial charge in [-0.3, -0.25) is 14.4 Å². The van der Waals surface area contributed by atoms with Crippen LogP contribution in [0.2, 0.25) is 0 Å². The molecular weight excluding hydrogens is 334 g/mol. The van der Waals surface area contributed by atoms with Gasteiger partial charge in [0.05, 0.1) is 11.3 Å². The topological polar surface area (TPSA) is 111 Å². The van der Waals surface area contributed by atoms with E-state index in [4.69, 9.17) is 10.5 Å². The Morgan fingerprint density at radius 1 is 1.08 bits per heavy atom. The fourth-order valence-electron chi connectivity index (χ4n) is 2.20. The van der Waals surface area contributed by atoms with Gasteiger partial charge in [-0.25, -0.2) is 0 Å². The molecule has 0 saturated heterocycles. The normalized spacial score (nSPS) is 10.3. The molecule has 0 unspecified atom stereocenters. The summed E-state index contributed by atoms with van der Waals surface area (Å²) >= 11 is 0. The number of nitrogens with one attached hydrogen (secondary N) is 2. The van der Waals surface area contributed by atoms with Crippen LogP contribution in [-0.2, 0) is 4.79 Å². The van der Waals surface area contributed by atoms with E-state index in [1.165, 1.54) is 6.07 Å². The number of carbonyl (C=O) groups excluding carboxylic acids is 3. The maximum Gasteiger partial charge on any atom is 0.262 e.